The van der Waals surface area contributed by atoms with E-state index in [9.17, 15) is 50.0 Å². The third-order valence-corrected chi connectivity index (χ3v) is 14.3. The van der Waals surface area contributed by atoms with Crippen LogP contribution in [0.3, 0.4) is 0 Å². The quantitative estimate of drug-likeness (QED) is 0.0158. The first kappa shape index (κ1) is 63.8. The van der Waals surface area contributed by atoms with Gasteiger partial charge in [0.15, 0.2) is 0 Å². The number of allylic oxidation sites excluding steroid dienone is 4. The van der Waals surface area contributed by atoms with Crippen molar-refractivity contribution < 1.29 is 59.0 Å². The van der Waals surface area contributed by atoms with Gasteiger partial charge in [-0.15, -0.1) is 0 Å². The molecule has 1 saturated carbocycles. The lowest BCUT2D eigenvalue weighted by Crippen LogP contribution is -2.64. The second kappa shape index (κ2) is 42.5. The highest BCUT2D eigenvalue weighted by molar-refractivity contribution is 7.47. The van der Waals surface area contributed by atoms with E-state index < -0.39 is 75.2 Å². The van der Waals surface area contributed by atoms with Crippen molar-refractivity contribution in [1.29, 1.82) is 0 Å². The second-order valence-corrected chi connectivity index (χ2v) is 21.0. The number of unbranched alkanes of at least 4 members (excludes halogenated alkanes) is 29. The van der Waals surface area contributed by atoms with Crippen LogP contribution in [0.4, 0.5) is 0 Å². The molecular weight excluding hydrogens is 874 g/mol. The normalized spacial score (nSPS) is 22.4. The molecule has 0 bridgehead atoms. The number of phosphoric ester groups is 1. The van der Waals surface area contributed by atoms with Crippen LogP contribution in [0.15, 0.2) is 24.3 Å². The molecule has 1 fully saturated rings. The van der Waals surface area contributed by atoms with E-state index in [0.29, 0.717) is 12.8 Å². The average Bonchev–Trinajstić information content (AvgIpc) is 3.30. The molecule has 1 rings (SSSR count). The molecule has 0 spiro atoms. The molecule has 8 atom stereocenters. The highest BCUT2D eigenvalue weighted by Gasteiger charge is 2.51. The lowest BCUT2D eigenvalue weighted by atomic mass is 9.85. The number of aliphatic hydroxyl groups is 7. The molecule has 1 aliphatic rings. The van der Waals surface area contributed by atoms with Crippen LogP contribution in [-0.4, -0.2) is 108 Å². The fourth-order valence-corrected chi connectivity index (χ4v) is 9.83. The van der Waals surface area contributed by atoms with Gasteiger partial charge in [-0.2, -0.15) is 0 Å². The first-order valence-corrected chi connectivity index (χ1v) is 28.9. The van der Waals surface area contributed by atoms with E-state index >= 15 is 0 Å². The van der Waals surface area contributed by atoms with Crippen LogP contribution in [0, 0.1) is 0 Å². The summed E-state index contributed by atoms with van der Waals surface area (Å²) in [5.41, 5.74) is 0. The van der Waals surface area contributed by atoms with Crippen molar-refractivity contribution in [2.24, 2.45) is 0 Å². The van der Waals surface area contributed by atoms with Gasteiger partial charge < -0.3 is 46.0 Å². The molecule has 0 heterocycles. The highest BCUT2D eigenvalue weighted by Crippen LogP contribution is 2.47. The van der Waals surface area contributed by atoms with Crippen LogP contribution < -0.4 is 5.32 Å². The Labute approximate surface area is 407 Å². The monoisotopic (exact) mass is 976 g/mol. The number of aliphatic hydroxyl groups excluding tert-OH is 7. The van der Waals surface area contributed by atoms with Crippen molar-refractivity contribution in [2.45, 2.75) is 300 Å². The van der Waals surface area contributed by atoms with Crippen molar-refractivity contribution in [1.82, 2.24) is 5.32 Å². The fourth-order valence-electron chi connectivity index (χ4n) is 8.87. The predicted molar refractivity (Wildman–Crippen MR) is 270 cm³/mol. The number of hydrogen-bond donors (Lipinski definition) is 9. The molecule has 1 amide bonds. The van der Waals surface area contributed by atoms with Gasteiger partial charge in [0.05, 0.1) is 31.3 Å². The second-order valence-electron chi connectivity index (χ2n) is 19.6. The van der Waals surface area contributed by atoms with E-state index in [1.165, 1.54) is 154 Å². The molecule has 0 saturated heterocycles. The van der Waals surface area contributed by atoms with Crippen molar-refractivity contribution in [3.8, 4) is 0 Å². The molecule has 396 valence electrons. The smallest absolute Gasteiger partial charge is 0.393 e. The molecule has 1 aliphatic carbocycles. The first-order chi connectivity index (χ1) is 32.3. The summed E-state index contributed by atoms with van der Waals surface area (Å²) in [6.07, 6.45) is 36.6. The van der Waals surface area contributed by atoms with Gasteiger partial charge in [0.2, 0.25) is 5.91 Å². The summed E-state index contributed by atoms with van der Waals surface area (Å²) in [4.78, 5) is 23.3. The van der Waals surface area contributed by atoms with Crippen LogP contribution in [0.25, 0.3) is 0 Å². The van der Waals surface area contributed by atoms with Crippen molar-refractivity contribution >= 4 is 13.7 Å². The van der Waals surface area contributed by atoms with E-state index in [4.69, 9.17) is 9.05 Å². The maximum Gasteiger partial charge on any atom is 0.472 e. The van der Waals surface area contributed by atoms with E-state index in [1.54, 1.807) is 0 Å². The SMILES string of the molecule is CCCCCCCCCCCCC/C=C\C/C=C\CCCCCCCCCCCCCCCCCC(O)CC(=O)NC(COP(=O)(O)OC1C(O)C(O)C(O)C(O)C1O)C(O)CCCCCC. The maximum absolute atomic E-state index is 12.9. The summed E-state index contributed by atoms with van der Waals surface area (Å²) in [6, 6.07) is -1.15. The molecule has 13 nitrogen and oxygen atoms in total. The number of carbonyl (C=O) groups is 1. The third-order valence-electron chi connectivity index (χ3n) is 13.3. The minimum absolute atomic E-state index is 0.222. The number of carbonyl (C=O) groups excluding carboxylic acids is 1. The van der Waals surface area contributed by atoms with E-state index in [0.717, 1.165) is 51.4 Å². The summed E-state index contributed by atoms with van der Waals surface area (Å²) in [5, 5.41) is 74.1. The van der Waals surface area contributed by atoms with Gasteiger partial charge in [0.1, 0.15) is 36.6 Å². The Morgan fingerprint density at radius 3 is 1.31 bits per heavy atom. The Balaban J connectivity index is 2.09. The molecule has 0 aromatic heterocycles. The van der Waals surface area contributed by atoms with E-state index in [1.807, 2.05) is 6.92 Å². The summed E-state index contributed by atoms with van der Waals surface area (Å²) < 4.78 is 22.7. The number of nitrogens with one attached hydrogen (secondary N) is 1. The molecule has 14 heteroatoms. The number of hydrogen-bond acceptors (Lipinski definition) is 11. The number of amides is 1. The van der Waals surface area contributed by atoms with Crippen molar-refractivity contribution in [3.05, 3.63) is 24.3 Å². The number of rotatable bonds is 46. The molecular formula is C53H102NO12P. The number of phosphoric acid groups is 1. The Hall–Kier alpha value is -1.22. The van der Waals surface area contributed by atoms with E-state index in [-0.39, 0.29) is 12.8 Å². The van der Waals surface area contributed by atoms with Gasteiger partial charge in [0, 0.05) is 0 Å². The minimum atomic E-state index is -5.10. The van der Waals surface area contributed by atoms with Crippen LogP contribution in [-0.2, 0) is 18.4 Å². The molecule has 0 radical (unpaired) electrons. The van der Waals surface area contributed by atoms with Crippen LogP contribution in [0.1, 0.15) is 245 Å². The zero-order valence-electron chi connectivity index (χ0n) is 42.3. The van der Waals surface area contributed by atoms with Gasteiger partial charge in [-0.1, -0.05) is 218 Å². The third kappa shape index (κ3) is 33.9. The van der Waals surface area contributed by atoms with E-state index in [2.05, 4.69) is 36.5 Å². The summed E-state index contributed by atoms with van der Waals surface area (Å²) in [7, 11) is -5.10. The van der Waals surface area contributed by atoms with Crippen LogP contribution >= 0.6 is 7.82 Å². The largest absolute Gasteiger partial charge is 0.472 e. The highest BCUT2D eigenvalue weighted by atomic mass is 31.2. The molecule has 9 N–H and O–H groups in total. The fraction of sp³-hybridized carbons (Fsp3) is 0.906. The predicted octanol–water partition coefficient (Wildman–Crippen LogP) is 10.7. The zero-order valence-corrected chi connectivity index (χ0v) is 43.2. The molecule has 0 aliphatic heterocycles. The summed E-state index contributed by atoms with van der Waals surface area (Å²) in [5.74, 6) is -0.567. The Bertz CT molecular complexity index is 1240. The first-order valence-electron chi connectivity index (χ1n) is 27.4. The maximum atomic E-state index is 12.9. The van der Waals surface area contributed by atoms with Gasteiger partial charge in [0.25, 0.3) is 0 Å². The molecule has 0 aromatic rings. The van der Waals surface area contributed by atoms with Crippen LogP contribution in [0.5, 0.6) is 0 Å². The Morgan fingerprint density at radius 2 is 0.881 bits per heavy atom. The minimum Gasteiger partial charge on any atom is -0.393 e. The van der Waals surface area contributed by atoms with Gasteiger partial charge in [-0.05, 0) is 44.9 Å². The zero-order chi connectivity index (χ0) is 49.4. The Morgan fingerprint density at radius 1 is 0.522 bits per heavy atom. The average molecular weight is 976 g/mol. The summed E-state index contributed by atoms with van der Waals surface area (Å²) >= 11 is 0. The van der Waals surface area contributed by atoms with Gasteiger partial charge in [-0.25, -0.2) is 4.57 Å². The van der Waals surface area contributed by atoms with Gasteiger partial charge in [-0.3, -0.25) is 13.8 Å². The molecule has 8 unspecified atom stereocenters. The van der Waals surface area contributed by atoms with Gasteiger partial charge >= 0.3 is 7.82 Å². The Kier molecular flexibility index (Phi) is 40.4. The molecule has 67 heavy (non-hydrogen) atoms. The summed E-state index contributed by atoms with van der Waals surface area (Å²) in [6.45, 7) is 3.64. The lowest BCUT2D eigenvalue weighted by Gasteiger charge is -2.41. The standard InChI is InChI=1S/C53H102NO12P/c1-3-5-7-9-10-11-12-13-14-15-16-17-18-19-20-21-22-23-24-25-26-27-28-29-30-31-32-33-34-35-36-37-38-40-44(55)42-47(57)54-45(46(56)41-39-8-6-4-2)43-65-67(63,64)66-53-51(61)49(59)48(58)50(60)52(53)62/h18-19,21-22,44-46,48-53,55-56,58-62H,3-17,20,23-43H2,1-2H3,(H,54,57)(H,63,64)/b19-18-,22-21-. The van der Waals surface area contributed by atoms with Crippen molar-refractivity contribution in [3.63, 3.8) is 0 Å². The lowest BCUT2D eigenvalue weighted by molar-refractivity contribution is -0.220. The topological polar surface area (TPSA) is 226 Å². The molecule has 0 aromatic carbocycles. The van der Waals surface area contributed by atoms with Crippen molar-refractivity contribution in [2.75, 3.05) is 6.61 Å². The van der Waals surface area contributed by atoms with Crippen LogP contribution in [0.2, 0.25) is 0 Å².